The van der Waals surface area contributed by atoms with Crippen molar-refractivity contribution in [2.24, 2.45) is 0 Å². The van der Waals surface area contributed by atoms with Gasteiger partial charge in [0.05, 0.1) is 0 Å². The zero-order chi connectivity index (χ0) is 14.8. The summed E-state index contributed by atoms with van der Waals surface area (Å²) in [6.45, 7) is 7.21. The standard InChI is InChI=1S/C14H20N4O2/c1-4-15-11-9-10(5-6-16-11)12(19)18-8-7-17-13(20)14(18,2)3/h5-6,9H,4,7-8H2,1-3H3,(H,15,16)(H,17,20). The first-order valence-electron chi connectivity index (χ1n) is 6.77. The predicted octanol–water partition coefficient (Wildman–Crippen LogP) is 0.864. The van der Waals surface area contributed by atoms with Gasteiger partial charge in [0, 0.05) is 31.4 Å². The first kappa shape index (κ1) is 14.3. The number of hydrogen-bond acceptors (Lipinski definition) is 4. The van der Waals surface area contributed by atoms with Crippen LogP contribution in [-0.2, 0) is 4.79 Å². The number of nitrogens with one attached hydrogen (secondary N) is 2. The topological polar surface area (TPSA) is 74.3 Å². The molecule has 6 nitrogen and oxygen atoms in total. The fourth-order valence-corrected chi connectivity index (χ4v) is 2.25. The van der Waals surface area contributed by atoms with Crippen LogP contribution in [0.5, 0.6) is 0 Å². The van der Waals surface area contributed by atoms with Gasteiger partial charge in [-0.1, -0.05) is 0 Å². The van der Waals surface area contributed by atoms with Crippen molar-refractivity contribution in [3.05, 3.63) is 23.9 Å². The minimum absolute atomic E-state index is 0.127. The Bertz CT molecular complexity index is 528. The molecule has 0 radical (unpaired) electrons. The average Bonchev–Trinajstić information content (AvgIpc) is 2.42. The molecule has 0 bridgehead atoms. The SMILES string of the molecule is CCNc1cc(C(=O)N2CCNC(=O)C2(C)C)ccn1. The maximum Gasteiger partial charge on any atom is 0.254 e. The molecule has 0 spiro atoms. The molecule has 20 heavy (non-hydrogen) atoms. The van der Waals surface area contributed by atoms with Crippen LogP contribution in [0.1, 0.15) is 31.1 Å². The molecule has 1 aliphatic heterocycles. The van der Waals surface area contributed by atoms with E-state index in [1.54, 1.807) is 37.1 Å². The van der Waals surface area contributed by atoms with Crippen LogP contribution < -0.4 is 10.6 Å². The van der Waals surface area contributed by atoms with Crippen molar-refractivity contribution in [3.63, 3.8) is 0 Å². The Morgan fingerprint density at radius 3 is 3.00 bits per heavy atom. The molecule has 0 saturated carbocycles. The first-order valence-corrected chi connectivity index (χ1v) is 6.77. The maximum atomic E-state index is 12.6. The molecule has 2 amide bonds. The molecule has 2 rings (SSSR count). The van der Waals surface area contributed by atoms with Gasteiger partial charge < -0.3 is 15.5 Å². The highest BCUT2D eigenvalue weighted by Gasteiger charge is 2.40. The molecule has 1 aromatic rings. The van der Waals surface area contributed by atoms with Crippen LogP contribution >= 0.6 is 0 Å². The summed E-state index contributed by atoms with van der Waals surface area (Å²) in [5, 5.41) is 5.86. The van der Waals surface area contributed by atoms with E-state index in [0.717, 1.165) is 6.54 Å². The van der Waals surface area contributed by atoms with Crippen LogP contribution in [0, 0.1) is 0 Å². The van der Waals surface area contributed by atoms with Crippen LogP contribution in [0.25, 0.3) is 0 Å². The van der Waals surface area contributed by atoms with Crippen molar-refractivity contribution in [3.8, 4) is 0 Å². The summed E-state index contributed by atoms with van der Waals surface area (Å²) in [4.78, 5) is 30.3. The molecule has 0 unspecified atom stereocenters. The van der Waals surface area contributed by atoms with Gasteiger partial charge in [0.15, 0.2) is 0 Å². The minimum Gasteiger partial charge on any atom is -0.370 e. The van der Waals surface area contributed by atoms with Crippen molar-refractivity contribution in [2.45, 2.75) is 26.3 Å². The van der Waals surface area contributed by atoms with Gasteiger partial charge in [0.1, 0.15) is 11.4 Å². The number of piperazine rings is 1. The number of amides is 2. The van der Waals surface area contributed by atoms with E-state index in [1.165, 1.54) is 0 Å². The number of carbonyl (C=O) groups is 2. The zero-order valence-electron chi connectivity index (χ0n) is 12.1. The van der Waals surface area contributed by atoms with Crippen molar-refractivity contribution < 1.29 is 9.59 Å². The van der Waals surface area contributed by atoms with Crippen molar-refractivity contribution >= 4 is 17.6 Å². The number of hydrogen-bond donors (Lipinski definition) is 2. The number of aromatic nitrogens is 1. The van der Waals surface area contributed by atoms with Gasteiger partial charge in [-0.25, -0.2) is 4.98 Å². The van der Waals surface area contributed by atoms with Gasteiger partial charge in [-0.2, -0.15) is 0 Å². The highest BCUT2D eigenvalue weighted by Crippen LogP contribution is 2.21. The summed E-state index contributed by atoms with van der Waals surface area (Å²) in [7, 11) is 0. The van der Waals surface area contributed by atoms with E-state index in [0.29, 0.717) is 24.5 Å². The van der Waals surface area contributed by atoms with Gasteiger partial charge in [-0.3, -0.25) is 9.59 Å². The van der Waals surface area contributed by atoms with E-state index in [2.05, 4.69) is 15.6 Å². The smallest absolute Gasteiger partial charge is 0.254 e. The van der Waals surface area contributed by atoms with E-state index in [1.807, 2.05) is 6.92 Å². The summed E-state index contributed by atoms with van der Waals surface area (Å²) in [6, 6.07) is 3.39. The molecule has 1 aliphatic rings. The third-order valence-corrected chi connectivity index (χ3v) is 3.46. The van der Waals surface area contributed by atoms with Crippen LogP contribution in [-0.4, -0.2) is 46.9 Å². The molecule has 1 aromatic heterocycles. The van der Waals surface area contributed by atoms with Crippen LogP contribution in [0.15, 0.2) is 18.3 Å². The lowest BCUT2D eigenvalue weighted by Crippen LogP contribution is -2.63. The molecule has 0 aliphatic carbocycles. The lowest BCUT2D eigenvalue weighted by Gasteiger charge is -2.41. The average molecular weight is 276 g/mol. The number of nitrogens with zero attached hydrogens (tertiary/aromatic N) is 2. The molecule has 2 N–H and O–H groups in total. The van der Waals surface area contributed by atoms with Crippen molar-refractivity contribution in [1.29, 1.82) is 0 Å². The second-order valence-electron chi connectivity index (χ2n) is 5.23. The minimum atomic E-state index is -0.836. The van der Waals surface area contributed by atoms with Crippen molar-refractivity contribution in [2.75, 3.05) is 25.0 Å². The van der Waals surface area contributed by atoms with Gasteiger partial charge in [-0.15, -0.1) is 0 Å². The lowest BCUT2D eigenvalue weighted by molar-refractivity contribution is -0.133. The molecular weight excluding hydrogens is 256 g/mol. The molecular formula is C14H20N4O2. The molecule has 0 aromatic carbocycles. The second-order valence-corrected chi connectivity index (χ2v) is 5.23. The summed E-state index contributed by atoms with van der Waals surface area (Å²) in [6.07, 6.45) is 1.60. The highest BCUT2D eigenvalue weighted by atomic mass is 16.2. The molecule has 108 valence electrons. The Hall–Kier alpha value is -2.11. The second kappa shape index (κ2) is 5.48. The van der Waals surface area contributed by atoms with E-state index in [-0.39, 0.29) is 11.8 Å². The Morgan fingerprint density at radius 1 is 1.55 bits per heavy atom. The number of rotatable bonds is 3. The molecule has 2 heterocycles. The summed E-state index contributed by atoms with van der Waals surface area (Å²) >= 11 is 0. The highest BCUT2D eigenvalue weighted by molar-refractivity contribution is 6.00. The fourth-order valence-electron chi connectivity index (χ4n) is 2.25. The van der Waals surface area contributed by atoms with Gasteiger partial charge >= 0.3 is 0 Å². The van der Waals surface area contributed by atoms with Gasteiger partial charge in [0.2, 0.25) is 5.91 Å². The van der Waals surface area contributed by atoms with Crippen LogP contribution in [0.2, 0.25) is 0 Å². The Morgan fingerprint density at radius 2 is 2.30 bits per heavy atom. The van der Waals surface area contributed by atoms with Crippen LogP contribution in [0.3, 0.4) is 0 Å². The van der Waals surface area contributed by atoms with Crippen LogP contribution in [0.4, 0.5) is 5.82 Å². The van der Waals surface area contributed by atoms with Gasteiger partial charge in [-0.05, 0) is 32.9 Å². The molecule has 6 heteroatoms. The molecule has 0 atom stereocenters. The zero-order valence-corrected chi connectivity index (χ0v) is 12.1. The monoisotopic (exact) mass is 276 g/mol. The number of pyridine rings is 1. The first-order chi connectivity index (χ1) is 9.46. The predicted molar refractivity (Wildman–Crippen MR) is 76.5 cm³/mol. The van der Waals surface area contributed by atoms with Gasteiger partial charge in [0.25, 0.3) is 5.91 Å². The Labute approximate surface area is 118 Å². The summed E-state index contributed by atoms with van der Waals surface area (Å²) in [5.74, 6) is 0.391. The maximum absolute atomic E-state index is 12.6. The largest absolute Gasteiger partial charge is 0.370 e. The Kier molecular flexibility index (Phi) is 3.92. The summed E-state index contributed by atoms with van der Waals surface area (Å²) in [5.41, 5.74) is -0.296. The quantitative estimate of drug-likeness (QED) is 0.859. The summed E-state index contributed by atoms with van der Waals surface area (Å²) < 4.78 is 0. The third kappa shape index (κ3) is 2.59. The molecule has 1 fully saturated rings. The lowest BCUT2D eigenvalue weighted by atomic mass is 9.97. The number of carbonyl (C=O) groups excluding carboxylic acids is 2. The fraction of sp³-hybridized carbons (Fsp3) is 0.500. The van der Waals surface area contributed by atoms with Crippen molar-refractivity contribution in [1.82, 2.24) is 15.2 Å². The van der Waals surface area contributed by atoms with E-state index >= 15 is 0 Å². The third-order valence-electron chi connectivity index (χ3n) is 3.46. The number of anilines is 1. The van der Waals surface area contributed by atoms with E-state index < -0.39 is 5.54 Å². The van der Waals surface area contributed by atoms with E-state index in [9.17, 15) is 9.59 Å². The molecule has 1 saturated heterocycles. The van der Waals surface area contributed by atoms with E-state index in [4.69, 9.17) is 0 Å². The Balaban J connectivity index is 2.26. The normalized spacial score (nSPS) is 17.6.